The van der Waals surface area contributed by atoms with Gasteiger partial charge in [0.15, 0.2) is 11.5 Å². The first-order valence-electron chi connectivity index (χ1n) is 8.16. The number of aliphatic hydroxyl groups is 1. The van der Waals surface area contributed by atoms with Gasteiger partial charge in [0.05, 0.1) is 40.1 Å². The van der Waals surface area contributed by atoms with Crippen LogP contribution in [0.5, 0.6) is 11.5 Å². The van der Waals surface area contributed by atoms with Crippen LogP contribution in [0.4, 0.5) is 4.79 Å². The molecule has 1 atom stereocenters. The predicted molar refractivity (Wildman–Crippen MR) is 111 cm³/mol. The van der Waals surface area contributed by atoms with Gasteiger partial charge in [-0.3, -0.25) is 0 Å². The van der Waals surface area contributed by atoms with Gasteiger partial charge in [-0.25, -0.2) is 4.79 Å². The molecular formula is C18H35N2O6P. The van der Waals surface area contributed by atoms with E-state index in [1.54, 1.807) is 12.1 Å². The normalized spacial score (nSPS) is 9.78. The molecule has 8 nitrogen and oxygen atoms in total. The van der Waals surface area contributed by atoms with Crippen molar-refractivity contribution in [3.05, 3.63) is 23.3 Å². The van der Waals surface area contributed by atoms with Crippen LogP contribution in [0.2, 0.25) is 0 Å². The Hall–Kier alpha value is -1.44. The molecule has 0 aliphatic rings. The average Bonchev–Trinajstić information content (AvgIpc) is 2.61. The van der Waals surface area contributed by atoms with Gasteiger partial charge in [-0.05, 0) is 31.7 Å². The van der Waals surface area contributed by atoms with Crippen molar-refractivity contribution in [2.45, 2.75) is 21.0 Å². The summed E-state index contributed by atoms with van der Waals surface area (Å²) in [5.74, 6) is 0.612. The summed E-state index contributed by atoms with van der Waals surface area (Å²) in [6, 6.07) is 3.47. The molecule has 158 valence electrons. The minimum absolute atomic E-state index is 0. The fourth-order valence-corrected chi connectivity index (χ4v) is 2.05. The molecule has 3 N–H and O–H groups in total. The standard InChI is InChI=1S/C17H28N2O6.CH4.H3P/c1-13-10-14(12-20)16(15(11-13)22-3)25-17(21)19-5-7-24-9-8-23-6-4-18-2;;/h10-11,18,20H,4-9,12H2,1-3H3,(H,19,21);1H4;1H3. The van der Waals surface area contributed by atoms with Crippen molar-refractivity contribution in [3.63, 3.8) is 0 Å². The van der Waals surface area contributed by atoms with Crippen LogP contribution < -0.4 is 20.1 Å². The van der Waals surface area contributed by atoms with Gasteiger partial charge in [0.25, 0.3) is 0 Å². The molecule has 0 saturated carbocycles. The number of ether oxygens (including phenoxy) is 4. The number of hydrogen-bond acceptors (Lipinski definition) is 7. The van der Waals surface area contributed by atoms with E-state index in [-0.39, 0.29) is 29.7 Å². The SMILES string of the molecule is C.CNCCOCCOCCNC(=O)Oc1c(CO)cc(C)cc1OC.P. The van der Waals surface area contributed by atoms with Crippen LogP contribution in [0.15, 0.2) is 12.1 Å². The maximum Gasteiger partial charge on any atom is 0.412 e. The number of carbonyl (C=O) groups excluding carboxylic acids is 1. The van der Waals surface area contributed by atoms with E-state index in [1.807, 2.05) is 14.0 Å². The number of hydrogen-bond donors (Lipinski definition) is 3. The largest absolute Gasteiger partial charge is 0.493 e. The number of carbonyl (C=O) groups is 1. The Kier molecular flexibility index (Phi) is 17.2. The number of likely N-dealkylation sites (N-methyl/N-ethyl adjacent to an activating group) is 1. The van der Waals surface area contributed by atoms with Gasteiger partial charge in [-0.2, -0.15) is 9.90 Å². The monoisotopic (exact) mass is 406 g/mol. The van der Waals surface area contributed by atoms with Crippen LogP contribution in [-0.2, 0) is 16.1 Å². The summed E-state index contributed by atoms with van der Waals surface area (Å²) in [6.45, 7) is 4.66. The average molecular weight is 406 g/mol. The summed E-state index contributed by atoms with van der Waals surface area (Å²) >= 11 is 0. The van der Waals surface area contributed by atoms with Gasteiger partial charge in [0.1, 0.15) is 0 Å². The molecule has 0 spiro atoms. The second-order valence-corrected chi connectivity index (χ2v) is 5.26. The van der Waals surface area contributed by atoms with Crippen molar-refractivity contribution < 1.29 is 28.8 Å². The zero-order valence-corrected chi connectivity index (χ0v) is 17.2. The molecule has 0 aliphatic heterocycles. The lowest BCUT2D eigenvalue weighted by Gasteiger charge is -2.14. The topological polar surface area (TPSA) is 98.3 Å². The lowest BCUT2D eigenvalue weighted by atomic mass is 10.1. The van der Waals surface area contributed by atoms with E-state index in [0.717, 1.165) is 12.1 Å². The van der Waals surface area contributed by atoms with E-state index in [9.17, 15) is 9.90 Å². The highest BCUT2D eigenvalue weighted by Crippen LogP contribution is 2.32. The second-order valence-electron chi connectivity index (χ2n) is 5.26. The predicted octanol–water partition coefficient (Wildman–Crippen LogP) is 1.53. The molecule has 1 aromatic carbocycles. The summed E-state index contributed by atoms with van der Waals surface area (Å²) < 4.78 is 21.1. The first-order chi connectivity index (χ1) is 12.1. The van der Waals surface area contributed by atoms with Crippen molar-refractivity contribution in [1.29, 1.82) is 0 Å². The molecule has 1 aromatic rings. The lowest BCUT2D eigenvalue weighted by molar-refractivity contribution is 0.0504. The molecule has 0 radical (unpaired) electrons. The Balaban J connectivity index is 0. The van der Waals surface area contributed by atoms with Crippen LogP contribution in [0.1, 0.15) is 18.6 Å². The van der Waals surface area contributed by atoms with Crippen LogP contribution in [0, 0.1) is 6.92 Å². The minimum Gasteiger partial charge on any atom is -0.493 e. The molecule has 27 heavy (non-hydrogen) atoms. The van der Waals surface area contributed by atoms with Crippen LogP contribution in [-0.4, -0.2) is 64.9 Å². The maximum absolute atomic E-state index is 11.9. The number of nitrogens with one attached hydrogen (secondary N) is 2. The van der Waals surface area contributed by atoms with Gasteiger partial charge in [-0.1, -0.05) is 7.43 Å². The first-order valence-corrected chi connectivity index (χ1v) is 8.16. The van der Waals surface area contributed by atoms with Gasteiger partial charge < -0.3 is 34.7 Å². The maximum atomic E-state index is 11.9. The van der Waals surface area contributed by atoms with Crippen LogP contribution in [0.3, 0.4) is 0 Å². The van der Waals surface area contributed by atoms with Crippen molar-refractivity contribution in [3.8, 4) is 11.5 Å². The summed E-state index contributed by atoms with van der Waals surface area (Å²) in [6.07, 6.45) is -0.634. The molecule has 0 aliphatic carbocycles. The van der Waals surface area contributed by atoms with E-state index in [2.05, 4.69) is 10.6 Å². The van der Waals surface area contributed by atoms with Crippen LogP contribution >= 0.6 is 9.90 Å². The molecular weight excluding hydrogens is 371 g/mol. The highest BCUT2D eigenvalue weighted by atomic mass is 31.0. The molecule has 1 unspecified atom stereocenters. The zero-order valence-electron chi connectivity index (χ0n) is 15.8. The number of rotatable bonds is 12. The summed E-state index contributed by atoms with van der Waals surface area (Å²) in [5, 5.41) is 15.0. The third kappa shape index (κ3) is 11.1. The van der Waals surface area contributed by atoms with Crippen LogP contribution in [0.25, 0.3) is 0 Å². The fourth-order valence-electron chi connectivity index (χ4n) is 2.05. The number of aliphatic hydroxyl groups excluding tert-OH is 1. The van der Waals surface area contributed by atoms with Crippen molar-refractivity contribution in [2.24, 2.45) is 0 Å². The highest BCUT2D eigenvalue weighted by Gasteiger charge is 2.15. The Labute approximate surface area is 165 Å². The van der Waals surface area contributed by atoms with Gasteiger partial charge in [0.2, 0.25) is 0 Å². The Morgan fingerprint density at radius 3 is 2.30 bits per heavy atom. The fraction of sp³-hybridized carbons (Fsp3) is 0.611. The molecule has 0 heterocycles. The number of benzene rings is 1. The Bertz CT molecular complexity index is 506. The third-order valence-corrected chi connectivity index (χ3v) is 3.25. The molecule has 0 aromatic heterocycles. The van der Waals surface area contributed by atoms with Gasteiger partial charge >= 0.3 is 6.09 Å². The zero-order chi connectivity index (χ0) is 18.5. The van der Waals surface area contributed by atoms with Crippen molar-refractivity contribution in [2.75, 3.05) is 53.7 Å². The number of aryl methyl sites for hydroxylation is 1. The Morgan fingerprint density at radius 1 is 1.11 bits per heavy atom. The second kappa shape index (κ2) is 16.7. The number of amides is 1. The van der Waals surface area contributed by atoms with Gasteiger partial charge in [0, 0.05) is 18.7 Å². The summed E-state index contributed by atoms with van der Waals surface area (Å²) in [4.78, 5) is 11.9. The lowest BCUT2D eigenvalue weighted by Crippen LogP contribution is -2.30. The Morgan fingerprint density at radius 2 is 1.74 bits per heavy atom. The molecule has 0 fully saturated rings. The minimum atomic E-state index is -0.634. The first kappa shape index (κ1) is 27.8. The molecule has 0 saturated heterocycles. The third-order valence-electron chi connectivity index (χ3n) is 3.25. The van der Waals surface area contributed by atoms with E-state index < -0.39 is 6.09 Å². The highest BCUT2D eigenvalue weighted by molar-refractivity contribution is 6.92. The van der Waals surface area contributed by atoms with E-state index in [4.69, 9.17) is 18.9 Å². The number of methoxy groups -OCH3 is 1. The molecule has 1 amide bonds. The van der Waals surface area contributed by atoms with E-state index in [1.165, 1.54) is 7.11 Å². The van der Waals surface area contributed by atoms with Gasteiger partial charge in [-0.15, -0.1) is 0 Å². The van der Waals surface area contributed by atoms with E-state index >= 15 is 0 Å². The van der Waals surface area contributed by atoms with E-state index in [0.29, 0.717) is 44.3 Å². The quantitative estimate of drug-likeness (QED) is 0.358. The van der Waals surface area contributed by atoms with Crippen molar-refractivity contribution in [1.82, 2.24) is 10.6 Å². The molecule has 9 heteroatoms. The smallest absolute Gasteiger partial charge is 0.412 e. The van der Waals surface area contributed by atoms with Crippen molar-refractivity contribution >= 4 is 16.0 Å². The molecule has 1 rings (SSSR count). The summed E-state index contributed by atoms with van der Waals surface area (Å²) in [7, 11) is 3.34. The molecule has 0 bridgehead atoms. The summed E-state index contributed by atoms with van der Waals surface area (Å²) in [5.41, 5.74) is 1.39.